The van der Waals surface area contributed by atoms with Gasteiger partial charge in [0.1, 0.15) is 0 Å². The van der Waals surface area contributed by atoms with Crippen molar-refractivity contribution in [3.8, 4) is 0 Å². The molecule has 18 heavy (non-hydrogen) atoms. The zero-order chi connectivity index (χ0) is 13.4. The minimum atomic E-state index is -0.0911. The SMILES string of the molecule is CCCCc1cccn1C(C)CCC(=O)OCC. The van der Waals surface area contributed by atoms with Gasteiger partial charge in [-0.15, -0.1) is 0 Å². The molecule has 1 atom stereocenters. The normalized spacial score (nSPS) is 12.4. The molecule has 1 unspecified atom stereocenters. The van der Waals surface area contributed by atoms with Crippen molar-refractivity contribution in [3.63, 3.8) is 0 Å². The molecule has 0 spiro atoms. The van der Waals surface area contributed by atoms with E-state index >= 15 is 0 Å². The average molecular weight is 251 g/mol. The van der Waals surface area contributed by atoms with Crippen molar-refractivity contribution in [2.75, 3.05) is 6.61 Å². The molecular formula is C15H25NO2. The molecule has 0 saturated carbocycles. The van der Waals surface area contributed by atoms with E-state index in [9.17, 15) is 4.79 Å². The number of unbranched alkanes of at least 4 members (excludes halogenated alkanes) is 1. The van der Waals surface area contributed by atoms with Crippen LogP contribution in [0.3, 0.4) is 0 Å². The molecule has 0 amide bonds. The van der Waals surface area contributed by atoms with E-state index in [1.807, 2.05) is 6.92 Å². The average Bonchev–Trinajstić information content (AvgIpc) is 2.82. The highest BCUT2D eigenvalue weighted by Crippen LogP contribution is 2.18. The van der Waals surface area contributed by atoms with Gasteiger partial charge in [0.25, 0.3) is 0 Å². The number of rotatable bonds is 8. The molecule has 0 aromatic carbocycles. The Morgan fingerprint density at radius 2 is 2.22 bits per heavy atom. The monoisotopic (exact) mass is 251 g/mol. The van der Waals surface area contributed by atoms with Crippen molar-refractivity contribution in [1.29, 1.82) is 0 Å². The largest absolute Gasteiger partial charge is 0.466 e. The minimum absolute atomic E-state index is 0.0911. The van der Waals surface area contributed by atoms with Crippen molar-refractivity contribution >= 4 is 5.97 Å². The highest BCUT2D eigenvalue weighted by atomic mass is 16.5. The Bertz CT molecular complexity index is 357. The number of ether oxygens (including phenoxy) is 1. The molecule has 0 bridgehead atoms. The maximum Gasteiger partial charge on any atom is 0.305 e. The van der Waals surface area contributed by atoms with Gasteiger partial charge in [-0.2, -0.15) is 0 Å². The van der Waals surface area contributed by atoms with Gasteiger partial charge in [0, 0.05) is 24.4 Å². The van der Waals surface area contributed by atoms with Crippen molar-refractivity contribution in [3.05, 3.63) is 24.0 Å². The van der Waals surface area contributed by atoms with Crippen LogP contribution in [0.2, 0.25) is 0 Å². The van der Waals surface area contributed by atoms with Crippen LogP contribution in [0.25, 0.3) is 0 Å². The van der Waals surface area contributed by atoms with Gasteiger partial charge < -0.3 is 9.30 Å². The van der Waals surface area contributed by atoms with E-state index in [-0.39, 0.29) is 5.97 Å². The van der Waals surface area contributed by atoms with Crippen molar-refractivity contribution < 1.29 is 9.53 Å². The van der Waals surface area contributed by atoms with Crippen LogP contribution in [0.5, 0.6) is 0 Å². The molecule has 0 radical (unpaired) electrons. The summed E-state index contributed by atoms with van der Waals surface area (Å²) in [6, 6.07) is 4.62. The fraction of sp³-hybridized carbons (Fsp3) is 0.667. The standard InChI is InChI=1S/C15H25NO2/c1-4-6-8-14-9-7-12-16(14)13(3)10-11-15(17)18-5-2/h7,9,12-13H,4-6,8,10-11H2,1-3H3. The highest BCUT2D eigenvalue weighted by molar-refractivity contribution is 5.69. The summed E-state index contributed by atoms with van der Waals surface area (Å²) in [6.07, 6.45) is 7.00. The Balaban J connectivity index is 2.47. The second-order valence-corrected chi connectivity index (χ2v) is 4.70. The Morgan fingerprint density at radius 1 is 1.44 bits per heavy atom. The molecule has 0 fully saturated rings. The lowest BCUT2D eigenvalue weighted by molar-refractivity contribution is -0.143. The molecule has 102 valence electrons. The van der Waals surface area contributed by atoms with Crippen LogP contribution < -0.4 is 0 Å². The summed E-state index contributed by atoms with van der Waals surface area (Å²) >= 11 is 0. The summed E-state index contributed by atoms with van der Waals surface area (Å²) in [7, 11) is 0. The molecule has 1 heterocycles. The molecule has 1 aromatic rings. The topological polar surface area (TPSA) is 31.2 Å². The number of carbonyl (C=O) groups is 1. The predicted molar refractivity (Wildman–Crippen MR) is 73.6 cm³/mol. The zero-order valence-corrected chi connectivity index (χ0v) is 11.8. The molecule has 1 aromatic heterocycles. The van der Waals surface area contributed by atoms with Gasteiger partial charge in [-0.3, -0.25) is 4.79 Å². The number of nitrogens with zero attached hydrogens (tertiary/aromatic N) is 1. The van der Waals surface area contributed by atoms with Gasteiger partial charge in [-0.1, -0.05) is 13.3 Å². The first-order valence-corrected chi connectivity index (χ1v) is 7.00. The van der Waals surface area contributed by atoms with Crippen molar-refractivity contribution in [2.45, 2.75) is 58.9 Å². The van der Waals surface area contributed by atoms with E-state index in [4.69, 9.17) is 4.74 Å². The van der Waals surface area contributed by atoms with Crippen LogP contribution in [-0.2, 0) is 16.0 Å². The summed E-state index contributed by atoms with van der Waals surface area (Å²) in [5.41, 5.74) is 1.37. The number of hydrogen-bond donors (Lipinski definition) is 0. The van der Waals surface area contributed by atoms with Crippen LogP contribution in [0, 0.1) is 0 Å². The maximum absolute atomic E-state index is 11.3. The van der Waals surface area contributed by atoms with E-state index in [1.54, 1.807) is 0 Å². The molecule has 0 aliphatic rings. The summed E-state index contributed by atoms with van der Waals surface area (Å²) in [6.45, 7) is 6.68. The van der Waals surface area contributed by atoms with Crippen LogP contribution >= 0.6 is 0 Å². The van der Waals surface area contributed by atoms with Gasteiger partial charge in [-0.25, -0.2) is 0 Å². The first kappa shape index (κ1) is 14.8. The van der Waals surface area contributed by atoms with Gasteiger partial charge in [0.2, 0.25) is 0 Å². The van der Waals surface area contributed by atoms with Crippen LogP contribution in [-0.4, -0.2) is 17.1 Å². The second kappa shape index (κ2) is 7.96. The lowest BCUT2D eigenvalue weighted by Crippen LogP contribution is -2.11. The number of aryl methyl sites for hydroxylation is 1. The maximum atomic E-state index is 11.3. The third-order valence-electron chi connectivity index (χ3n) is 3.20. The quantitative estimate of drug-likeness (QED) is 0.659. The lowest BCUT2D eigenvalue weighted by atomic mass is 10.1. The second-order valence-electron chi connectivity index (χ2n) is 4.70. The summed E-state index contributed by atoms with van der Waals surface area (Å²) in [5.74, 6) is -0.0911. The first-order chi connectivity index (χ1) is 8.69. The Morgan fingerprint density at radius 3 is 2.89 bits per heavy atom. The summed E-state index contributed by atoms with van der Waals surface area (Å²) in [5, 5.41) is 0. The molecule has 0 aliphatic carbocycles. The number of carbonyl (C=O) groups excluding carboxylic acids is 1. The Kier molecular flexibility index (Phi) is 6.55. The molecular weight excluding hydrogens is 226 g/mol. The number of aromatic nitrogens is 1. The van der Waals surface area contributed by atoms with Gasteiger partial charge >= 0.3 is 5.97 Å². The van der Waals surface area contributed by atoms with E-state index in [1.165, 1.54) is 18.5 Å². The van der Waals surface area contributed by atoms with Gasteiger partial charge in [0.05, 0.1) is 6.61 Å². The predicted octanol–water partition coefficient (Wildman–Crippen LogP) is 3.74. The Labute approximate surface area is 110 Å². The number of hydrogen-bond acceptors (Lipinski definition) is 2. The number of esters is 1. The lowest BCUT2D eigenvalue weighted by Gasteiger charge is -2.17. The Hall–Kier alpha value is -1.25. The molecule has 0 N–H and O–H groups in total. The first-order valence-electron chi connectivity index (χ1n) is 7.00. The van der Waals surface area contributed by atoms with E-state index < -0.39 is 0 Å². The van der Waals surface area contributed by atoms with Gasteiger partial charge in [-0.05, 0) is 45.2 Å². The van der Waals surface area contributed by atoms with Gasteiger partial charge in [0.15, 0.2) is 0 Å². The smallest absolute Gasteiger partial charge is 0.305 e. The highest BCUT2D eigenvalue weighted by Gasteiger charge is 2.11. The third-order valence-corrected chi connectivity index (χ3v) is 3.20. The summed E-state index contributed by atoms with van der Waals surface area (Å²) in [4.78, 5) is 11.3. The van der Waals surface area contributed by atoms with E-state index in [0.29, 0.717) is 19.1 Å². The van der Waals surface area contributed by atoms with E-state index in [2.05, 4.69) is 36.7 Å². The molecule has 3 nitrogen and oxygen atoms in total. The molecule has 3 heteroatoms. The summed E-state index contributed by atoms with van der Waals surface area (Å²) < 4.78 is 7.24. The minimum Gasteiger partial charge on any atom is -0.466 e. The van der Waals surface area contributed by atoms with E-state index in [0.717, 1.165) is 12.8 Å². The molecule has 1 rings (SSSR count). The van der Waals surface area contributed by atoms with Crippen molar-refractivity contribution in [2.24, 2.45) is 0 Å². The third kappa shape index (κ3) is 4.55. The van der Waals surface area contributed by atoms with Crippen LogP contribution in [0.1, 0.15) is 58.2 Å². The zero-order valence-electron chi connectivity index (χ0n) is 11.8. The molecule has 0 aliphatic heterocycles. The molecule has 0 saturated heterocycles. The van der Waals surface area contributed by atoms with Crippen molar-refractivity contribution in [1.82, 2.24) is 4.57 Å². The fourth-order valence-electron chi connectivity index (χ4n) is 2.13. The van der Waals surface area contributed by atoms with Crippen LogP contribution in [0.4, 0.5) is 0 Å². The fourth-order valence-corrected chi connectivity index (χ4v) is 2.13. The van der Waals surface area contributed by atoms with Crippen LogP contribution in [0.15, 0.2) is 18.3 Å².